The summed E-state index contributed by atoms with van der Waals surface area (Å²) in [7, 11) is 0. The lowest BCUT2D eigenvalue weighted by molar-refractivity contribution is -0.118. The number of hydrogen-bond donors (Lipinski definition) is 2. The summed E-state index contributed by atoms with van der Waals surface area (Å²) in [6.45, 7) is 0.682. The molecule has 0 unspecified atom stereocenters. The van der Waals surface area contributed by atoms with Crippen LogP contribution in [0.3, 0.4) is 0 Å². The van der Waals surface area contributed by atoms with Gasteiger partial charge in [-0.1, -0.05) is 12.1 Å². The molecule has 2 amide bonds. The quantitative estimate of drug-likeness (QED) is 0.719. The number of ether oxygens (including phenoxy) is 1. The molecule has 2 aromatic carbocycles. The number of rotatable bonds is 2. The van der Waals surface area contributed by atoms with Gasteiger partial charge in [0.05, 0.1) is 22.8 Å². The van der Waals surface area contributed by atoms with Crippen molar-refractivity contribution in [2.24, 2.45) is 0 Å². The maximum Gasteiger partial charge on any atom is 0.262 e. The summed E-state index contributed by atoms with van der Waals surface area (Å²) in [4.78, 5) is 34.9. The normalized spacial score (nSPS) is 19.1. The number of carbonyl (C=O) groups excluding carboxylic acids is 2. The highest BCUT2D eigenvalue weighted by molar-refractivity contribution is 6.00. The third-order valence-electron chi connectivity index (χ3n) is 5.35. The van der Waals surface area contributed by atoms with Crippen molar-refractivity contribution >= 4 is 28.5 Å². The first-order valence-corrected chi connectivity index (χ1v) is 9.51. The number of imidazole rings is 1. The van der Waals surface area contributed by atoms with E-state index in [-0.39, 0.29) is 24.5 Å². The van der Waals surface area contributed by atoms with Crippen LogP contribution in [-0.4, -0.2) is 39.8 Å². The minimum absolute atomic E-state index is 0.000541. The topological polar surface area (TPSA) is 87.3 Å². The molecule has 0 aliphatic carbocycles. The molecule has 0 spiro atoms. The van der Waals surface area contributed by atoms with E-state index in [9.17, 15) is 9.59 Å². The van der Waals surface area contributed by atoms with Gasteiger partial charge in [-0.05, 0) is 49.6 Å². The van der Waals surface area contributed by atoms with Gasteiger partial charge in [-0.25, -0.2) is 4.98 Å². The lowest BCUT2D eigenvalue weighted by Gasteiger charge is -2.34. The molecule has 3 heterocycles. The number of fused-ring (bicyclic) bond motifs is 2. The lowest BCUT2D eigenvalue weighted by atomic mass is 10.00. The van der Waals surface area contributed by atoms with Crippen LogP contribution in [0.25, 0.3) is 11.0 Å². The van der Waals surface area contributed by atoms with Gasteiger partial charge in [0, 0.05) is 12.1 Å². The first-order chi connectivity index (χ1) is 13.7. The standard InChI is InChI=1S/C21H20N4O3/c26-19-12-28-18-9-8-13(11-16(18)22-19)21(27)25-10-4-3-7-17(25)20-23-14-5-1-2-6-15(14)24-20/h1-2,5-6,8-9,11,17H,3-4,7,10,12H2,(H,22,26)(H,23,24)/t17-/m0/s1. The molecule has 1 atom stereocenters. The number of para-hydroxylation sites is 2. The summed E-state index contributed by atoms with van der Waals surface area (Å²) in [5.41, 5.74) is 2.96. The van der Waals surface area contributed by atoms with Crippen molar-refractivity contribution in [2.75, 3.05) is 18.5 Å². The molecule has 7 heteroatoms. The highest BCUT2D eigenvalue weighted by atomic mass is 16.5. The summed E-state index contributed by atoms with van der Waals surface area (Å²) in [6, 6.07) is 13.0. The molecule has 5 rings (SSSR count). The Morgan fingerprint density at radius 3 is 2.96 bits per heavy atom. The molecule has 3 aromatic rings. The van der Waals surface area contributed by atoms with Gasteiger partial charge in [0.2, 0.25) is 0 Å². The van der Waals surface area contributed by atoms with Crippen LogP contribution in [0.15, 0.2) is 42.5 Å². The van der Waals surface area contributed by atoms with E-state index < -0.39 is 0 Å². The zero-order valence-electron chi connectivity index (χ0n) is 15.3. The van der Waals surface area contributed by atoms with Gasteiger partial charge in [-0.3, -0.25) is 9.59 Å². The average Bonchev–Trinajstić information content (AvgIpc) is 3.17. The van der Waals surface area contributed by atoms with Crippen LogP contribution in [-0.2, 0) is 4.79 Å². The Morgan fingerprint density at radius 2 is 2.07 bits per heavy atom. The average molecular weight is 376 g/mol. The molecule has 0 bridgehead atoms. The van der Waals surface area contributed by atoms with Gasteiger partial charge in [0.15, 0.2) is 6.61 Å². The first kappa shape index (κ1) is 16.8. The van der Waals surface area contributed by atoms with E-state index in [0.717, 1.165) is 36.1 Å². The molecule has 1 fully saturated rings. The third kappa shape index (κ3) is 2.89. The second-order valence-electron chi connectivity index (χ2n) is 7.20. The predicted octanol–water partition coefficient (Wildman–Crippen LogP) is 3.26. The van der Waals surface area contributed by atoms with E-state index >= 15 is 0 Å². The second kappa shape index (κ2) is 6.67. The summed E-state index contributed by atoms with van der Waals surface area (Å²) in [5.74, 6) is 1.13. The molecule has 2 aliphatic rings. The second-order valence-corrected chi connectivity index (χ2v) is 7.20. The summed E-state index contributed by atoms with van der Waals surface area (Å²) in [6.07, 6.45) is 2.89. The Kier molecular flexibility index (Phi) is 4.00. The van der Waals surface area contributed by atoms with Crippen molar-refractivity contribution < 1.29 is 14.3 Å². The highest BCUT2D eigenvalue weighted by Crippen LogP contribution is 2.34. The largest absolute Gasteiger partial charge is 0.482 e. The van der Waals surface area contributed by atoms with Crippen molar-refractivity contribution in [3.63, 3.8) is 0 Å². The van der Waals surface area contributed by atoms with Gasteiger partial charge in [0.1, 0.15) is 11.6 Å². The molecule has 1 aromatic heterocycles. The number of piperidine rings is 1. The minimum Gasteiger partial charge on any atom is -0.482 e. The molecule has 7 nitrogen and oxygen atoms in total. The van der Waals surface area contributed by atoms with Crippen molar-refractivity contribution in [1.29, 1.82) is 0 Å². The number of nitrogens with zero attached hydrogens (tertiary/aromatic N) is 2. The zero-order valence-corrected chi connectivity index (χ0v) is 15.3. The van der Waals surface area contributed by atoms with Crippen LogP contribution in [0.2, 0.25) is 0 Å². The maximum atomic E-state index is 13.3. The van der Waals surface area contributed by atoms with Gasteiger partial charge in [-0.15, -0.1) is 0 Å². The van der Waals surface area contributed by atoms with Crippen LogP contribution in [0.1, 0.15) is 41.5 Å². The molecule has 1 saturated heterocycles. The number of H-pyrrole nitrogens is 1. The highest BCUT2D eigenvalue weighted by Gasteiger charge is 2.31. The maximum absolute atomic E-state index is 13.3. The van der Waals surface area contributed by atoms with Gasteiger partial charge < -0.3 is 19.9 Å². The van der Waals surface area contributed by atoms with Crippen LogP contribution in [0, 0.1) is 0 Å². The number of likely N-dealkylation sites (tertiary alicyclic amines) is 1. The van der Waals surface area contributed by atoms with Crippen molar-refractivity contribution in [1.82, 2.24) is 14.9 Å². The van der Waals surface area contributed by atoms with E-state index in [1.807, 2.05) is 29.2 Å². The number of aromatic nitrogens is 2. The fourth-order valence-electron chi connectivity index (χ4n) is 3.97. The van der Waals surface area contributed by atoms with E-state index in [2.05, 4.69) is 10.3 Å². The molecule has 2 N–H and O–H groups in total. The zero-order chi connectivity index (χ0) is 19.1. The molecule has 28 heavy (non-hydrogen) atoms. The smallest absolute Gasteiger partial charge is 0.262 e. The van der Waals surface area contributed by atoms with E-state index in [1.165, 1.54) is 0 Å². The summed E-state index contributed by atoms with van der Waals surface area (Å²) in [5, 5.41) is 2.77. The van der Waals surface area contributed by atoms with Crippen LogP contribution in [0.4, 0.5) is 5.69 Å². The Hall–Kier alpha value is -3.35. The molecule has 0 saturated carbocycles. The van der Waals surface area contributed by atoms with Crippen molar-refractivity contribution in [2.45, 2.75) is 25.3 Å². The predicted molar refractivity (Wildman–Crippen MR) is 104 cm³/mol. The molecule has 2 aliphatic heterocycles. The van der Waals surface area contributed by atoms with Gasteiger partial charge >= 0.3 is 0 Å². The fourth-order valence-corrected chi connectivity index (χ4v) is 3.97. The van der Waals surface area contributed by atoms with Crippen LogP contribution >= 0.6 is 0 Å². The van der Waals surface area contributed by atoms with Crippen LogP contribution < -0.4 is 10.1 Å². The number of anilines is 1. The number of benzene rings is 2. The van der Waals surface area contributed by atoms with E-state index in [4.69, 9.17) is 9.72 Å². The fraction of sp³-hybridized carbons (Fsp3) is 0.286. The van der Waals surface area contributed by atoms with E-state index in [0.29, 0.717) is 23.5 Å². The third-order valence-corrected chi connectivity index (χ3v) is 5.35. The molecule has 0 radical (unpaired) electrons. The number of carbonyl (C=O) groups is 2. The van der Waals surface area contributed by atoms with E-state index in [1.54, 1.807) is 18.2 Å². The Balaban J connectivity index is 1.47. The Bertz CT molecular complexity index is 1040. The molecular formula is C21H20N4O3. The van der Waals surface area contributed by atoms with Gasteiger partial charge in [0.25, 0.3) is 11.8 Å². The van der Waals surface area contributed by atoms with Crippen molar-refractivity contribution in [3.8, 4) is 5.75 Å². The Labute approximate surface area is 161 Å². The SMILES string of the molecule is O=C1COc2ccc(C(=O)N3CCCC[C@H]3c3nc4ccccc4[nH]3)cc2N1. The Morgan fingerprint density at radius 1 is 1.18 bits per heavy atom. The van der Waals surface area contributed by atoms with Gasteiger partial charge in [-0.2, -0.15) is 0 Å². The number of amides is 2. The number of aromatic amines is 1. The molecular weight excluding hydrogens is 356 g/mol. The number of hydrogen-bond acceptors (Lipinski definition) is 4. The lowest BCUT2D eigenvalue weighted by Crippen LogP contribution is -2.39. The van der Waals surface area contributed by atoms with Crippen molar-refractivity contribution in [3.05, 3.63) is 53.9 Å². The summed E-state index contributed by atoms with van der Waals surface area (Å²) >= 11 is 0. The first-order valence-electron chi connectivity index (χ1n) is 9.51. The monoisotopic (exact) mass is 376 g/mol. The number of nitrogens with one attached hydrogen (secondary N) is 2. The minimum atomic E-state index is -0.213. The van der Waals surface area contributed by atoms with Crippen LogP contribution in [0.5, 0.6) is 5.75 Å². The summed E-state index contributed by atoms with van der Waals surface area (Å²) < 4.78 is 5.39. The molecule has 142 valence electrons.